The number of allylic oxidation sites excluding steroid dienone is 1. The summed E-state index contributed by atoms with van der Waals surface area (Å²) in [5, 5.41) is 0. The van der Waals surface area contributed by atoms with Gasteiger partial charge in [0.05, 0.1) is 12.1 Å². The van der Waals surface area contributed by atoms with Gasteiger partial charge in [-0.15, -0.1) is 0 Å². The average Bonchev–Trinajstić information content (AvgIpc) is 2.98. The first kappa shape index (κ1) is 15.8. The summed E-state index contributed by atoms with van der Waals surface area (Å²) >= 11 is 0. The highest BCUT2D eigenvalue weighted by Crippen LogP contribution is 2.38. The van der Waals surface area contributed by atoms with Crippen LogP contribution in [-0.4, -0.2) is 37.8 Å². The summed E-state index contributed by atoms with van der Waals surface area (Å²) in [4.78, 5) is 14.1. The Morgan fingerprint density at radius 1 is 1.30 bits per heavy atom. The SMILES string of the molecule is C/C=C/[C@@H]1CN2C(=O)CC[C@H]2[C@@H]1O[Si](CC)(CC)CC. The fraction of sp³-hybridized carbons (Fsp3) is 0.812. The Labute approximate surface area is 124 Å². The molecular formula is C16H29NO2Si. The van der Waals surface area contributed by atoms with Crippen molar-refractivity contribution < 1.29 is 9.22 Å². The van der Waals surface area contributed by atoms with Crippen molar-refractivity contribution in [2.24, 2.45) is 5.92 Å². The van der Waals surface area contributed by atoms with Gasteiger partial charge in [0.2, 0.25) is 5.91 Å². The number of hydrogen-bond donors (Lipinski definition) is 0. The molecular weight excluding hydrogens is 266 g/mol. The molecule has 0 aromatic carbocycles. The number of nitrogens with zero attached hydrogens (tertiary/aromatic N) is 1. The molecule has 3 atom stereocenters. The predicted octanol–water partition coefficient (Wildman–Crippen LogP) is 3.57. The number of carbonyl (C=O) groups excluding carboxylic acids is 1. The van der Waals surface area contributed by atoms with Crippen LogP contribution in [0, 0.1) is 5.92 Å². The molecule has 2 saturated heterocycles. The highest BCUT2D eigenvalue weighted by Gasteiger charge is 2.49. The number of rotatable bonds is 6. The van der Waals surface area contributed by atoms with Gasteiger partial charge in [0.15, 0.2) is 8.32 Å². The lowest BCUT2D eigenvalue weighted by Gasteiger charge is -2.35. The maximum Gasteiger partial charge on any atom is 0.223 e. The summed E-state index contributed by atoms with van der Waals surface area (Å²) in [5.41, 5.74) is 0. The molecule has 0 aliphatic carbocycles. The quantitative estimate of drug-likeness (QED) is 0.554. The van der Waals surface area contributed by atoms with Crippen LogP contribution in [0.25, 0.3) is 0 Å². The van der Waals surface area contributed by atoms with Gasteiger partial charge >= 0.3 is 0 Å². The molecule has 2 aliphatic rings. The van der Waals surface area contributed by atoms with Crippen LogP contribution in [0.15, 0.2) is 12.2 Å². The van der Waals surface area contributed by atoms with Crippen LogP contribution in [0.5, 0.6) is 0 Å². The van der Waals surface area contributed by atoms with E-state index in [0.717, 1.165) is 13.0 Å². The van der Waals surface area contributed by atoms with Crippen molar-refractivity contribution in [3.8, 4) is 0 Å². The van der Waals surface area contributed by atoms with E-state index in [9.17, 15) is 4.79 Å². The molecule has 1 amide bonds. The minimum atomic E-state index is -1.61. The first-order valence-electron chi connectivity index (χ1n) is 8.20. The second-order valence-electron chi connectivity index (χ2n) is 6.17. The molecule has 2 fully saturated rings. The fourth-order valence-electron chi connectivity index (χ4n) is 3.82. The number of carbonyl (C=O) groups is 1. The molecule has 2 aliphatic heterocycles. The summed E-state index contributed by atoms with van der Waals surface area (Å²) in [6, 6.07) is 3.87. The molecule has 2 rings (SSSR count). The summed E-state index contributed by atoms with van der Waals surface area (Å²) in [7, 11) is -1.61. The van der Waals surface area contributed by atoms with E-state index in [1.54, 1.807) is 0 Å². The normalized spacial score (nSPS) is 30.5. The first-order chi connectivity index (χ1) is 9.60. The molecule has 114 valence electrons. The van der Waals surface area contributed by atoms with E-state index < -0.39 is 8.32 Å². The Bertz CT molecular complexity index is 370. The Morgan fingerprint density at radius 3 is 2.50 bits per heavy atom. The number of fused-ring (bicyclic) bond motifs is 1. The highest BCUT2D eigenvalue weighted by molar-refractivity contribution is 6.73. The largest absolute Gasteiger partial charge is 0.411 e. The molecule has 0 spiro atoms. The number of amides is 1. The molecule has 3 nitrogen and oxygen atoms in total. The Balaban J connectivity index is 2.19. The second kappa shape index (κ2) is 6.44. The second-order valence-corrected chi connectivity index (χ2v) is 10.9. The third-order valence-corrected chi connectivity index (χ3v) is 9.98. The maximum atomic E-state index is 12.0. The van der Waals surface area contributed by atoms with Crippen molar-refractivity contribution in [1.29, 1.82) is 0 Å². The molecule has 0 bridgehead atoms. The molecule has 20 heavy (non-hydrogen) atoms. The van der Waals surface area contributed by atoms with E-state index in [4.69, 9.17) is 4.43 Å². The van der Waals surface area contributed by atoms with E-state index in [0.29, 0.717) is 24.3 Å². The van der Waals surface area contributed by atoms with Crippen LogP contribution in [0.3, 0.4) is 0 Å². The maximum absolute atomic E-state index is 12.0. The van der Waals surface area contributed by atoms with Gasteiger partial charge in [0.25, 0.3) is 0 Å². The van der Waals surface area contributed by atoms with Gasteiger partial charge in [0, 0.05) is 18.9 Å². The van der Waals surface area contributed by atoms with E-state index in [-0.39, 0.29) is 6.10 Å². The van der Waals surface area contributed by atoms with Gasteiger partial charge in [-0.1, -0.05) is 32.9 Å². The third-order valence-electron chi connectivity index (χ3n) is 5.34. The van der Waals surface area contributed by atoms with Gasteiger partial charge in [-0.05, 0) is 31.5 Å². The van der Waals surface area contributed by atoms with Gasteiger partial charge in [0.1, 0.15) is 0 Å². The predicted molar refractivity (Wildman–Crippen MR) is 85.1 cm³/mol. The average molecular weight is 295 g/mol. The van der Waals surface area contributed by atoms with Crippen molar-refractivity contribution in [2.75, 3.05) is 6.54 Å². The Hall–Kier alpha value is -0.613. The molecule has 0 radical (unpaired) electrons. The summed E-state index contributed by atoms with van der Waals surface area (Å²) in [5.74, 6) is 0.721. The lowest BCUT2D eigenvalue weighted by molar-refractivity contribution is -0.128. The zero-order valence-electron chi connectivity index (χ0n) is 13.4. The topological polar surface area (TPSA) is 29.5 Å². The minimum Gasteiger partial charge on any atom is -0.411 e. The summed E-state index contributed by atoms with van der Waals surface area (Å²) in [6.45, 7) is 9.75. The van der Waals surface area contributed by atoms with Gasteiger partial charge in [-0.25, -0.2) is 0 Å². The molecule has 0 unspecified atom stereocenters. The van der Waals surface area contributed by atoms with Crippen LogP contribution in [0.2, 0.25) is 18.1 Å². The molecule has 0 saturated carbocycles. The van der Waals surface area contributed by atoms with E-state index in [1.165, 1.54) is 18.1 Å². The van der Waals surface area contributed by atoms with Crippen LogP contribution in [-0.2, 0) is 9.22 Å². The van der Waals surface area contributed by atoms with Crippen LogP contribution >= 0.6 is 0 Å². The van der Waals surface area contributed by atoms with Crippen molar-refractivity contribution in [3.05, 3.63) is 12.2 Å². The third kappa shape index (κ3) is 2.73. The van der Waals surface area contributed by atoms with Crippen molar-refractivity contribution >= 4 is 14.2 Å². The minimum absolute atomic E-state index is 0.240. The lowest BCUT2D eigenvalue weighted by atomic mass is 9.99. The Kier molecular flexibility index (Phi) is 5.08. The van der Waals surface area contributed by atoms with Gasteiger partial charge in [-0.2, -0.15) is 0 Å². The van der Waals surface area contributed by atoms with Gasteiger partial charge in [-0.3, -0.25) is 4.79 Å². The monoisotopic (exact) mass is 295 g/mol. The molecule has 0 aromatic heterocycles. The van der Waals surface area contributed by atoms with Crippen molar-refractivity contribution in [3.63, 3.8) is 0 Å². The number of hydrogen-bond acceptors (Lipinski definition) is 2. The van der Waals surface area contributed by atoms with E-state index in [2.05, 4.69) is 44.7 Å². The molecule has 0 aromatic rings. The first-order valence-corrected chi connectivity index (χ1v) is 10.7. The lowest BCUT2D eigenvalue weighted by Crippen LogP contribution is -2.45. The Morgan fingerprint density at radius 2 is 1.95 bits per heavy atom. The smallest absolute Gasteiger partial charge is 0.223 e. The van der Waals surface area contributed by atoms with Crippen molar-refractivity contribution in [1.82, 2.24) is 4.90 Å². The van der Waals surface area contributed by atoms with Crippen LogP contribution in [0.4, 0.5) is 0 Å². The molecule has 2 heterocycles. The van der Waals surface area contributed by atoms with E-state index >= 15 is 0 Å². The van der Waals surface area contributed by atoms with E-state index in [1.807, 2.05) is 0 Å². The van der Waals surface area contributed by atoms with Gasteiger partial charge < -0.3 is 9.33 Å². The zero-order valence-corrected chi connectivity index (χ0v) is 14.4. The summed E-state index contributed by atoms with van der Waals surface area (Å²) in [6.07, 6.45) is 6.30. The van der Waals surface area contributed by atoms with Crippen LogP contribution < -0.4 is 0 Å². The molecule has 0 N–H and O–H groups in total. The van der Waals surface area contributed by atoms with Crippen molar-refractivity contribution in [2.45, 2.75) is 70.8 Å². The summed E-state index contributed by atoms with van der Waals surface area (Å²) < 4.78 is 6.77. The highest BCUT2D eigenvalue weighted by atomic mass is 28.4. The fourth-order valence-corrected chi connectivity index (χ4v) is 6.73. The standard InChI is InChI=1S/C16H29NO2Si/c1-5-9-13-12-17-14(10-11-15(17)18)16(13)19-20(6-2,7-3)8-4/h5,9,13-14,16H,6-8,10-12H2,1-4H3/b9-5+/t13-,14+,16-/m1/s1. The zero-order chi connectivity index (χ0) is 14.8. The molecule has 4 heteroatoms. The van der Waals surface area contributed by atoms with Crippen LogP contribution in [0.1, 0.15) is 40.5 Å².